The van der Waals surface area contributed by atoms with E-state index in [1.807, 2.05) is 6.07 Å². The molecular formula is C7H5BrN2O. The van der Waals surface area contributed by atoms with Crippen molar-refractivity contribution in [2.24, 2.45) is 0 Å². The Morgan fingerprint density at radius 3 is 2.91 bits per heavy atom. The van der Waals surface area contributed by atoms with Crippen LogP contribution in [0.5, 0.6) is 5.88 Å². The van der Waals surface area contributed by atoms with E-state index in [-0.39, 0.29) is 0 Å². The van der Waals surface area contributed by atoms with Gasteiger partial charge < -0.3 is 4.74 Å². The van der Waals surface area contributed by atoms with Crippen LogP contribution in [-0.4, -0.2) is 12.1 Å². The van der Waals surface area contributed by atoms with Crippen LogP contribution in [-0.2, 0) is 0 Å². The van der Waals surface area contributed by atoms with Gasteiger partial charge in [-0.05, 0) is 15.9 Å². The maximum Gasteiger partial charge on any atom is 0.214 e. The molecule has 0 aliphatic heterocycles. The highest BCUT2D eigenvalue weighted by Crippen LogP contribution is 2.18. The van der Waals surface area contributed by atoms with Crippen molar-refractivity contribution >= 4 is 15.9 Å². The second-order valence-electron chi connectivity index (χ2n) is 1.82. The van der Waals surface area contributed by atoms with Crippen molar-refractivity contribution in [3.63, 3.8) is 0 Å². The first-order valence-corrected chi connectivity index (χ1v) is 3.67. The summed E-state index contributed by atoms with van der Waals surface area (Å²) in [5.74, 6) is 0.496. The molecule has 0 unspecified atom stereocenters. The van der Waals surface area contributed by atoms with Crippen molar-refractivity contribution in [2.45, 2.75) is 0 Å². The Morgan fingerprint density at radius 1 is 1.73 bits per heavy atom. The molecule has 0 bridgehead atoms. The van der Waals surface area contributed by atoms with Crippen LogP contribution < -0.4 is 4.74 Å². The molecule has 0 amide bonds. The molecule has 1 rings (SSSR count). The predicted octanol–water partition coefficient (Wildman–Crippen LogP) is 1.72. The highest BCUT2D eigenvalue weighted by Gasteiger charge is 2.00. The fraction of sp³-hybridized carbons (Fsp3) is 0.143. The van der Waals surface area contributed by atoms with Gasteiger partial charge >= 0.3 is 0 Å². The van der Waals surface area contributed by atoms with Crippen LogP contribution in [0.4, 0.5) is 0 Å². The number of halogens is 1. The van der Waals surface area contributed by atoms with Crippen LogP contribution in [0, 0.1) is 11.3 Å². The fourth-order valence-corrected chi connectivity index (χ4v) is 0.994. The van der Waals surface area contributed by atoms with Crippen LogP contribution in [0.15, 0.2) is 16.7 Å². The Hall–Kier alpha value is -1.08. The molecule has 0 radical (unpaired) electrons. The van der Waals surface area contributed by atoms with Crippen LogP contribution >= 0.6 is 15.9 Å². The third-order valence-electron chi connectivity index (χ3n) is 1.16. The highest BCUT2D eigenvalue weighted by atomic mass is 79.9. The molecule has 0 fully saturated rings. The Morgan fingerprint density at radius 2 is 2.45 bits per heavy atom. The maximum absolute atomic E-state index is 8.52. The van der Waals surface area contributed by atoms with Gasteiger partial charge in [0.05, 0.1) is 12.7 Å². The standard InChI is InChI=1S/C7H5BrN2O/c1-11-7-2-6(8)5(3-9)4-10-7/h2,4H,1H3. The minimum atomic E-state index is 0.496. The van der Waals surface area contributed by atoms with Gasteiger partial charge in [0.25, 0.3) is 0 Å². The summed E-state index contributed by atoms with van der Waals surface area (Å²) < 4.78 is 5.54. The number of hydrogen-bond acceptors (Lipinski definition) is 3. The SMILES string of the molecule is COc1cc(Br)c(C#N)cn1. The van der Waals surface area contributed by atoms with Gasteiger partial charge in [-0.15, -0.1) is 0 Å². The number of rotatable bonds is 1. The lowest BCUT2D eigenvalue weighted by atomic mass is 10.3. The molecular weight excluding hydrogens is 208 g/mol. The maximum atomic E-state index is 8.52. The van der Waals surface area contributed by atoms with Gasteiger partial charge in [0.1, 0.15) is 6.07 Å². The van der Waals surface area contributed by atoms with Gasteiger partial charge in [0.2, 0.25) is 5.88 Å². The van der Waals surface area contributed by atoms with Crippen molar-refractivity contribution in [3.8, 4) is 11.9 Å². The van der Waals surface area contributed by atoms with Gasteiger partial charge in [0, 0.05) is 16.7 Å². The van der Waals surface area contributed by atoms with Crippen LogP contribution in [0.25, 0.3) is 0 Å². The van der Waals surface area contributed by atoms with Crippen LogP contribution in [0.3, 0.4) is 0 Å². The first kappa shape index (κ1) is 8.02. The van der Waals surface area contributed by atoms with E-state index in [4.69, 9.17) is 10.00 Å². The normalized spacial score (nSPS) is 8.82. The molecule has 0 saturated heterocycles. The van der Waals surface area contributed by atoms with Gasteiger partial charge in [-0.1, -0.05) is 0 Å². The first-order valence-electron chi connectivity index (χ1n) is 2.87. The Labute approximate surface area is 72.8 Å². The second kappa shape index (κ2) is 3.35. The van der Waals surface area contributed by atoms with Gasteiger partial charge in [0.15, 0.2) is 0 Å². The van der Waals surface area contributed by atoms with Crippen LogP contribution in [0.1, 0.15) is 5.56 Å². The number of nitriles is 1. The molecule has 3 nitrogen and oxygen atoms in total. The number of nitrogens with zero attached hydrogens (tertiary/aromatic N) is 2. The van der Waals surface area contributed by atoms with Crippen LogP contribution in [0.2, 0.25) is 0 Å². The molecule has 0 saturated carbocycles. The van der Waals surface area contributed by atoms with Crippen molar-refractivity contribution in [1.82, 2.24) is 4.98 Å². The summed E-state index contributed by atoms with van der Waals surface area (Å²) in [5, 5.41) is 8.52. The quantitative estimate of drug-likeness (QED) is 0.713. The molecule has 1 heterocycles. The van der Waals surface area contributed by atoms with E-state index in [9.17, 15) is 0 Å². The number of ether oxygens (including phenoxy) is 1. The lowest BCUT2D eigenvalue weighted by Crippen LogP contribution is -1.88. The monoisotopic (exact) mass is 212 g/mol. The van der Waals surface area contributed by atoms with Crippen molar-refractivity contribution in [2.75, 3.05) is 7.11 Å². The molecule has 0 spiro atoms. The average Bonchev–Trinajstić information content (AvgIpc) is 2.04. The number of methoxy groups -OCH3 is 1. The molecule has 11 heavy (non-hydrogen) atoms. The van der Waals surface area contributed by atoms with Gasteiger partial charge in [-0.2, -0.15) is 5.26 Å². The first-order chi connectivity index (χ1) is 5.27. The Kier molecular flexibility index (Phi) is 2.44. The minimum absolute atomic E-state index is 0.496. The molecule has 0 N–H and O–H groups in total. The van der Waals surface area contributed by atoms with E-state index in [0.29, 0.717) is 15.9 Å². The molecule has 1 aromatic heterocycles. The zero-order valence-corrected chi connectivity index (χ0v) is 7.42. The summed E-state index contributed by atoms with van der Waals surface area (Å²) in [4.78, 5) is 3.85. The van der Waals surface area contributed by atoms with Crippen molar-refractivity contribution in [1.29, 1.82) is 5.26 Å². The molecule has 0 aromatic carbocycles. The summed E-state index contributed by atoms with van der Waals surface area (Å²) in [6, 6.07) is 3.63. The third kappa shape index (κ3) is 1.69. The molecule has 0 atom stereocenters. The topological polar surface area (TPSA) is 45.9 Å². The summed E-state index contributed by atoms with van der Waals surface area (Å²) in [7, 11) is 1.53. The summed E-state index contributed by atoms with van der Waals surface area (Å²) >= 11 is 3.21. The lowest BCUT2D eigenvalue weighted by molar-refractivity contribution is 0.397. The van der Waals surface area contributed by atoms with Gasteiger partial charge in [-0.25, -0.2) is 4.98 Å². The number of hydrogen-bond donors (Lipinski definition) is 0. The van der Waals surface area contributed by atoms with E-state index < -0.39 is 0 Å². The van der Waals surface area contributed by atoms with E-state index in [2.05, 4.69) is 20.9 Å². The minimum Gasteiger partial charge on any atom is -0.481 e. The molecule has 0 aliphatic rings. The average molecular weight is 213 g/mol. The van der Waals surface area contributed by atoms with Crippen molar-refractivity contribution in [3.05, 3.63) is 22.3 Å². The summed E-state index contributed by atoms with van der Waals surface area (Å²) in [6.45, 7) is 0. The lowest BCUT2D eigenvalue weighted by Gasteiger charge is -1.98. The Bertz CT molecular complexity index is 306. The largest absolute Gasteiger partial charge is 0.481 e. The van der Waals surface area contributed by atoms with E-state index >= 15 is 0 Å². The Balaban J connectivity index is 3.12. The van der Waals surface area contributed by atoms with Gasteiger partial charge in [-0.3, -0.25) is 0 Å². The summed E-state index contributed by atoms with van der Waals surface area (Å²) in [5.41, 5.74) is 0.505. The smallest absolute Gasteiger partial charge is 0.214 e. The van der Waals surface area contributed by atoms with Crippen molar-refractivity contribution < 1.29 is 4.74 Å². The third-order valence-corrected chi connectivity index (χ3v) is 1.81. The predicted molar refractivity (Wildman–Crippen MR) is 43.2 cm³/mol. The molecule has 1 aromatic rings. The van der Waals surface area contributed by atoms with E-state index in [1.165, 1.54) is 13.3 Å². The van der Waals surface area contributed by atoms with E-state index in [1.54, 1.807) is 6.07 Å². The molecule has 4 heteroatoms. The molecule has 0 aliphatic carbocycles. The second-order valence-corrected chi connectivity index (χ2v) is 2.67. The summed E-state index contributed by atoms with van der Waals surface area (Å²) in [6.07, 6.45) is 1.46. The molecule has 56 valence electrons. The zero-order chi connectivity index (χ0) is 8.27. The zero-order valence-electron chi connectivity index (χ0n) is 5.84. The highest BCUT2D eigenvalue weighted by molar-refractivity contribution is 9.10. The number of aromatic nitrogens is 1. The fourth-order valence-electron chi connectivity index (χ4n) is 0.607. The number of pyridine rings is 1. The van der Waals surface area contributed by atoms with E-state index in [0.717, 1.165) is 0 Å².